The van der Waals surface area contributed by atoms with Crippen LogP contribution in [0.4, 0.5) is 5.69 Å². The van der Waals surface area contributed by atoms with Crippen molar-refractivity contribution in [2.24, 2.45) is 5.10 Å². The van der Waals surface area contributed by atoms with Crippen LogP contribution in [0, 0.1) is 13.7 Å². The highest BCUT2D eigenvalue weighted by Gasteiger charge is 2.14. The summed E-state index contributed by atoms with van der Waals surface area (Å²) in [6, 6.07) is 15.9. The number of carbonyl (C=O) groups is 2. The van der Waals surface area contributed by atoms with Crippen molar-refractivity contribution in [3.63, 3.8) is 0 Å². The fourth-order valence-electron chi connectivity index (χ4n) is 3.33. The summed E-state index contributed by atoms with van der Waals surface area (Å²) in [5.74, 6) is -0.443. The lowest BCUT2D eigenvalue weighted by atomic mass is 10.1. The van der Waals surface area contributed by atoms with E-state index in [0.717, 1.165) is 13.8 Å². The minimum Gasteiger partial charge on any atom is -0.493 e. The number of hydrazone groups is 1. The summed E-state index contributed by atoms with van der Waals surface area (Å²) in [5, 5.41) is 24.6. The molecule has 0 saturated carbocycles. The minimum atomic E-state index is -0.993. The van der Waals surface area contributed by atoms with E-state index in [4.69, 9.17) is 14.6 Å². The first-order valence-electron chi connectivity index (χ1n) is 10.6. The molecule has 0 aliphatic carbocycles. The maximum Gasteiger partial charge on any atom is 0.335 e. The van der Waals surface area contributed by atoms with Crippen molar-refractivity contribution in [2.75, 3.05) is 7.11 Å². The van der Waals surface area contributed by atoms with Crippen LogP contribution >= 0.6 is 33.9 Å². The highest BCUT2D eigenvalue weighted by molar-refractivity contribution is 14.1. The number of benzene rings is 3. The van der Waals surface area contributed by atoms with Gasteiger partial charge in [0, 0.05) is 22.2 Å². The summed E-state index contributed by atoms with van der Waals surface area (Å²) >= 11 is 3.32. The number of ether oxygens (including phenoxy) is 2. The number of nitrogens with one attached hydrogen (secondary N) is 1. The molecule has 0 unspecified atom stereocenters. The number of amides is 1. The van der Waals surface area contributed by atoms with Gasteiger partial charge in [0.1, 0.15) is 6.61 Å². The van der Waals surface area contributed by atoms with Crippen LogP contribution in [0.15, 0.2) is 65.8 Å². The van der Waals surface area contributed by atoms with Gasteiger partial charge in [0.25, 0.3) is 11.6 Å². The molecule has 3 aromatic carbocycles. The molecule has 0 spiro atoms. The Morgan fingerprint density at radius 1 is 1.16 bits per heavy atom. The number of hydrogen-bond acceptors (Lipinski definition) is 8. The predicted octanol–water partition coefficient (Wildman–Crippen LogP) is 5.46. The SMILES string of the molecule is COc1cc(/C=N\NC(=O)c2cc3cc([N+](=O)[O-])ccc3s2)cc(I)c1OCc1ccc(C(=O)O)cc1. The van der Waals surface area contributed by atoms with E-state index in [-0.39, 0.29) is 17.9 Å². The van der Waals surface area contributed by atoms with Crippen LogP contribution in [-0.2, 0) is 6.61 Å². The predicted molar refractivity (Wildman–Crippen MR) is 147 cm³/mol. The molecule has 0 aliphatic heterocycles. The maximum absolute atomic E-state index is 12.5. The lowest BCUT2D eigenvalue weighted by Gasteiger charge is -2.13. The molecule has 0 fully saturated rings. The Kier molecular flexibility index (Phi) is 7.98. The van der Waals surface area contributed by atoms with E-state index in [0.29, 0.717) is 27.3 Å². The number of carboxylic acid groups (broad SMARTS) is 1. The molecule has 1 heterocycles. The number of aromatic carboxylic acids is 1. The molecule has 0 saturated heterocycles. The van der Waals surface area contributed by atoms with Crippen molar-refractivity contribution >= 4 is 67.8 Å². The van der Waals surface area contributed by atoms with Gasteiger partial charge in [-0.1, -0.05) is 12.1 Å². The van der Waals surface area contributed by atoms with Gasteiger partial charge in [-0.05, 0) is 70.1 Å². The molecule has 0 aliphatic rings. The van der Waals surface area contributed by atoms with Crippen molar-refractivity contribution in [1.29, 1.82) is 0 Å². The zero-order chi connectivity index (χ0) is 26.5. The molecule has 188 valence electrons. The van der Waals surface area contributed by atoms with E-state index in [1.807, 2.05) is 0 Å². The average Bonchev–Trinajstić information content (AvgIpc) is 3.31. The van der Waals surface area contributed by atoms with Gasteiger partial charge < -0.3 is 14.6 Å². The topological polar surface area (TPSA) is 140 Å². The minimum absolute atomic E-state index is 0.0395. The number of rotatable bonds is 9. The second-order valence-corrected chi connectivity index (χ2v) is 9.86. The molecule has 1 amide bonds. The first-order chi connectivity index (χ1) is 17.7. The third-order valence-electron chi connectivity index (χ3n) is 5.15. The fraction of sp³-hybridized carbons (Fsp3) is 0.0800. The van der Waals surface area contributed by atoms with Crippen LogP contribution < -0.4 is 14.9 Å². The smallest absolute Gasteiger partial charge is 0.335 e. The molecular weight excluding hydrogens is 613 g/mol. The Bertz CT molecular complexity index is 1530. The third-order valence-corrected chi connectivity index (χ3v) is 7.07. The van der Waals surface area contributed by atoms with Gasteiger partial charge in [-0.2, -0.15) is 5.10 Å². The molecule has 12 heteroatoms. The number of methoxy groups -OCH3 is 1. The zero-order valence-corrected chi connectivity index (χ0v) is 22.1. The lowest BCUT2D eigenvalue weighted by Crippen LogP contribution is -2.16. The van der Waals surface area contributed by atoms with Crippen LogP contribution in [-0.4, -0.2) is 35.2 Å². The van der Waals surface area contributed by atoms with Crippen molar-refractivity contribution in [1.82, 2.24) is 5.43 Å². The largest absolute Gasteiger partial charge is 0.493 e. The van der Waals surface area contributed by atoms with Gasteiger partial charge in [-0.25, -0.2) is 10.2 Å². The molecule has 37 heavy (non-hydrogen) atoms. The summed E-state index contributed by atoms with van der Waals surface area (Å²) in [5.41, 5.74) is 4.08. The number of nitro benzene ring substituents is 1. The molecule has 0 radical (unpaired) electrons. The van der Waals surface area contributed by atoms with Gasteiger partial charge in [0.05, 0.1) is 32.3 Å². The number of carbonyl (C=O) groups excluding carboxylic acids is 1. The Hall–Kier alpha value is -4.04. The average molecular weight is 631 g/mol. The third kappa shape index (κ3) is 6.21. The molecule has 1 aromatic heterocycles. The molecule has 2 N–H and O–H groups in total. The Labute approximate surface area is 227 Å². The highest BCUT2D eigenvalue weighted by Crippen LogP contribution is 2.34. The van der Waals surface area contributed by atoms with E-state index in [1.165, 1.54) is 48.9 Å². The van der Waals surface area contributed by atoms with E-state index in [1.54, 1.807) is 36.4 Å². The number of carboxylic acids is 1. The van der Waals surface area contributed by atoms with Gasteiger partial charge >= 0.3 is 5.97 Å². The Morgan fingerprint density at radius 3 is 2.59 bits per heavy atom. The summed E-state index contributed by atoms with van der Waals surface area (Å²) in [7, 11) is 1.51. The Morgan fingerprint density at radius 2 is 1.92 bits per heavy atom. The number of hydrogen-bond donors (Lipinski definition) is 2. The number of nitro groups is 1. The normalized spacial score (nSPS) is 11.0. The number of thiophene rings is 1. The second kappa shape index (κ2) is 11.3. The van der Waals surface area contributed by atoms with Gasteiger partial charge in [0.2, 0.25) is 0 Å². The fourth-order valence-corrected chi connectivity index (χ4v) is 5.04. The summed E-state index contributed by atoms with van der Waals surface area (Å²) < 4.78 is 12.9. The van der Waals surface area contributed by atoms with Gasteiger partial charge in [-0.3, -0.25) is 14.9 Å². The van der Waals surface area contributed by atoms with Crippen molar-refractivity contribution in [3.05, 3.63) is 95.9 Å². The number of halogens is 1. The van der Waals surface area contributed by atoms with E-state index < -0.39 is 16.8 Å². The molecule has 4 aromatic rings. The lowest BCUT2D eigenvalue weighted by molar-refractivity contribution is -0.384. The van der Waals surface area contributed by atoms with Gasteiger partial charge in [0.15, 0.2) is 11.5 Å². The maximum atomic E-state index is 12.5. The van der Waals surface area contributed by atoms with Crippen molar-refractivity contribution in [2.45, 2.75) is 6.61 Å². The molecule has 0 bridgehead atoms. The van der Waals surface area contributed by atoms with Crippen LogP contribution in [0.25, 0.3) is 10.1 Å². The molecule has 0 atom stereocenters. The quantitative estimate of drug-likeness (QED) is 0.108. The van der Waals surface area contributed by atoms with Gasteiger partial charge in [-0.15, -0.1) is 11.3 Å². The molecular formula is C25H18IN3O7S. The summed E-state index contributed by atoms with van der Waals surface area (Å²) in [4.78, 5) is 34.4. The monoisotopic (exact) mass is 631 g/mol. The van der Waals surface area contributed by atoms with E-state index in [9.17, 15) is 19.7 Å². The first-order valence-corrected chi connectivity index (χ1v) is 12.5. The van der Waals surface area contributed by atoms with E-state index >= 15 is 0 Å². The molecule has 4 rings (SSSR count). The van der Waals surface area contributed by atoms with Crippen molar-refractivity contribution in [3.8, 4) is 11.5 Å². The Balaban J connectivity index is 1.43. The number of non-ortho nitro benzene ring substituents is 1. The van der Waals surface area contributed by atoms with Crippen LogP contribution in [0.3, 0.4) is 0 Å². The number of nitrogens with zero attached hydrogens (tertiary/aromatic N) is 2. The highest BCUT2D eigenvalue weighted by atomic mass is 127. The second-order valence-electron chi connectivity index (χ2n) is 7.61. The zero-order valence-electron chi connectivity index (χ0n) is 19.1. The first kappa shape index (κ1) is 26.0. The standard InChI is InChI=1S/C25H18IN3O7S/c1-35-20-9-15(8-19(26)23(20)36-13-14-2-4-16(5-3-14)25(31)32)12-27-28-24(30)22-11-17-10-18(29(33)34)6-7-21(17)37-22/h2-12H,13H2,1H3,(H,28,30)(H,31,32)/b27-12-. The van der Waals surface area contributed by atoms with Crippen LogP contribution in [0.5, 0.6) is 11.5 Å². The molecule has 10 nitrogen and oxygen atoms in total. The summed E-state index contributed by atoms with van der Waals surface area (Å²) in [6.45, 7) is 0.216. The summed E-state index contributed by atoms with van der Waals surface area (Å²) in [6.07, 6.45) is 1.47. The van der Waals surface area contributed by atoms with Crippen LogP contribution in [0.2, 0.25) is 0 Å². The van der Waals surface area contributed by atoms with E-state index in [2.05, 4.69) is 33.1 Å². The van der Waals surface area contributed by atoms with Crippen molar-refractivity contribution < 1.29 is 29.1 Å². The number of fused-ring (bicyclic) bond motifs is 1. The van der Waals surface area contributed by atoms with Crippen LogP contribution in [0.1, 0.15) is 31.2 Å².